The molecule has 1 N–H and O–H groups in total. The van der Waals surface area contributed by atoms with E-state index in [0.717, 1.165) is 18.5 Å². The Labute approximate surface area is 121 Å². The summed E-state index contributed by atoms with van der Waals surface area (Å²) in [5.74, 6) is 0. The lowest BCUT2D eigenvalue weighted by Crippen LogP contribution is -2.26. The zero-order valence-electron chi connectivity index (χ0n) is 13.1. The van der Waals surface area contributed by atoms with Crippen molar-refractivity contribution >= 4 is 10.9 Å². The van der Waals surface area contributed by atoms with Crippen LogP contribution >= 0.6 is 0 Å². The zero-order chi connectivity index (χ0) is 14.8. The Morgan fingerprint density at radius 2 is 2.05 bits per heavy atom. The molecule has 0 bridgehead atoms. The molecule has 2 rings (SSSR count). The van der Waals surface area contributed by atoms with Gasteiger partial charge in [0.1, 0.15) is 0 Å². The van der Waals surface area contributed by atoms with Gasteiger partial charge in [-0.3, -0.25) is 4.68 Å². The summed E-state index contributed by atoms with van der Waals surface area (Å²) in [5, 5.41) is 9.32. The molecule has 0 saturated carbocycles. The lowest BCUT2D eigenvalue weighted by molar-refractivity contribution is 0.0118. The van der Waals surface area contributed by atoms with E-state index in [9.17, 15) is 0 Å². The Morgan fingerprint density at radius 3 is 2.70 bits per heavy atom. The molecule has 0 fully saturated rings. The fourth-order valence-electron chi connectivity index (χ4n) is 2.51. The molecule has 4 heteroatoms. The minimum absolute atomic E-state index is 0.0975. The third kappa shape index (κ3) is 3.02. The second-order valence-electron chi connectivity index (χ2n) is 5.87. The van der Waals surface area contributed by atoms with Crippen molar-refractivity contribution in [2.24, 2.45) is 7.05 Å². The highest BCUT2D eigenvalue weighted by Crippen LogP contribution is 2.28. The van der Waals surface area contributed by atoms with Crippen molar-refractivity contribution in [3.63, 3.8) is 0 Å². The molecule has 0 saturated heterocycles. The molecule has 0 spiro atoms. The molecule has 20 heavy (non-hydrogen) atoms. The molecule has 0 aliphatic carbocycles. The van der Waals surface area contributed by atoms with Crippen LogP contribution in [0.15, 0.2) is 24.3 Å². The molecule has 0 radical (unpaired) electrons. The highest BCUT2D eigenvalue weighted by Gasteiger charge is 2.22. The van der Waals surface area contributed by atoms with E-state index in [1.807, 2.05) is 18.8 Å². The normalized spacial score (nSPS) is 13.8. The highest BCUT2D eigenvalue weighted by molar-refractivity contribution is 5.82. The number of para-hydroxylation sites is 1. The van der Waals surface area contributed by atoms with E-state index in [-0.39, 0.29) is 11.6 Å². The summed E-state index contributed by atoms with van der Waals surface area (Å²) >= 11 is 0. The monoisotopic (exact) mass is 275 g/mol. The van der Waals surface area contributed by atoms with Crippen LogP contribution in [-0.2, 0) is 11.8 Å². The van der Waals surface area contributed by atoms with E-state index in [1.165, 1.54) is 10.9 Å². The number of aromatic nitrogens is 2. The second-order valence-corrected chi connectivity index (χ2v) is 5.87. The lowest BCUT2D eigenvalue weighted by Gasteiger charge is -2.25. The number of methoxy groups -OCH3 is 1. The largest absolute Gasteiger partial charge is 0.379 e. The summed E-state index contributed by atoms with van der Waals surface area (Å²) in [7, 11) is 5.76. The standard InChI is InChI=1S/C16H25N3O/c1-16(2,20-5)11-10-13(17-3)15-12-8-6-7-9-14(12)19(4)18-15/h6-9,13,17H,10-11H2,1-5H3. The first-order valence-corrected chi connectivity index (χ1v) is 7.12. The third-order valence-corrected chi connectivity index (χ3v) is 4.05. The van der Waals surface area contributed by atoms with Crippen molar-refractivity contribution in [2.45, 2.75) is 38.3 Å². The van der Waals surface area contributed by atoms with Gasteiger partial charge in [0.25, 0.3) is 0 Å². The van der Waals surface area contributed by atoms with Gasteiger partial charge in [0.05, 0.1) is 22.9 Å². The van der Waals surface area contributed by atoms with Gasteiger partial charge in [0.2, 0.25) is 0 Å². The molecule has 0 aliphatic rings. The quantitative estimate of drug-likeness (QED) is 0.880. The molecule has 1 atom stereocenters. The van der Waals surface area contributed by atoms with E-state index in [1.54, 1.807) is 7.11 Å². The van der Waals surface area contributed by atoms with Gasteiger partial charge < -0.3 is 10.1 Å². The predicted octanol–water partition coefficient (Wildman–Crippen LogP) is 3.04. The van der Waals surface area contributed by atoms with E-state index in [0.29, 0.717) is 0 Å². The second kappa shape index (κ2) is 5.94. The van der Waals surface area contributed by atoms with Crippen LogP contribution in [0.5, 0.6) is 0 Å². The summed E-state index contributed by atoms with van der Waals surface area (Å²) in [4.78, 5) is 0. The van der Waals surface area contributed by atoms with Crippen LogP contribution in [0.3, 0.4) is 0 Å². The van der Waals surface area contributed by atoms with E-state index in [4.69, 9.17) is 9.84 Å². The number of rotatable bonds is 6. The van der Waals surface area contributed by atoms with Crippen LogP contribution in [0, 0.1) is 0 Å². The first-order valence-electron chi connectivity index (χ1n) is 7.12. The van der Waals surface area contributed by atoms with Crippen LogP contribution in [0.2, 0.25) is 0 Å². The summed E-state index contributed by atoms with van der Waals surface area (Å²) < 4.78 is 7.46. The number of aryl methyl sites for hydroxylation is 1. The van der Waals surface area contributed by atoms with Gasteiger partial charge in [-0.15, -0.1) is 0 Å². The molecule has 4 nitrogen and oxygen atoms in total. The summed E-state index contributed by atoms with van der Waals surface area (Å²) in [6, 6.07) is 8.62. The van der Waals surface area contributed by atoms with E-state index < -0.39 is 0 Å². The molecule has 1 unspecified atom stereocenters. The van der Waals surface area contributed by atoms with Crippen molar-refractivity contribution in [1.82, 2.24) is 15.1 Å². The maximum atomic E-state index is 5.51. The van der Waals surface area contributed by atoms with Crippen LogP contribution < -0.4 is 5.32 Å². The Morgan fingerprint density at radius 1 is 1.35 bits per heavy atom. The van der Waals surface area contributed by atoms with Gasteiger partial charge in [-0.2, -0.15) is 5.10 Å². The minimum Gasteiger partial charge on any atom is -0.379 e. The van der Waals surface area contributed by atoms with Crippen molar-refractivity contribution < 1.29 is 4.74 Å². The number of fused-ring (bicyclic) bond motifs is 1. The first-order chi connectivity index (χ1) is 9.48. The number of benzene rings is 1. The maximum Gasteiger partial charge on any atom is 0.0872 e. The number of ether oxygens (including phenoxy) is 1. The Kier molecular flexibility index (Phi) is 4.45. The van der Waals surface area contributed by atoms with Gasteiger partial charge >= 0.3 is 0 Å². The molecule has 1 heterocycles. The molecule has 1 aromatic heterocycles. The highest BCUT2D eigenvalue weighted by atomic mass is 16.5. The molecular formula is C16H25N3O. The smallest absolute Gasteiger partial charge is 0.0872 e. The van der Waals surface area contributed by atoms with Gasteiger partial charge in [0.15, 0.2) is 0 Å². The Hall–Kier alpha value is -1.39. The van der Waals surface area contributed by atoms with E-state index >= 15 is 0 Å². The van der Waals surface area contributed by atoms with Crippen LogP contribution in [0.1, 0.15) is 38.4 Å². The van der Waals surface area contributed by atoms with Gasteiger partial charge in [-0.05, 0) is 39.8 Å². The minimum atomic E-state index is -0.0975. The predicted molar refractivity (Wildman–Crippen MR) is 82.8 cm³/mol. The molecule has 2 aromatic rings. The van der Waals surface area contributed by atoms with Crippen LogP contribution in [-0.4, -0.2) is 29.5 Å². The Balaban J connectivity index is 2.26. The number of nitrogens with zero attached hydrogens (tertiary/aromatic N) is 2. The molecule has 110 valence electrons. The van der Waals surface area contributed by atoms with Crippen LogP contribution in [0.25, 0.3) is 10.9 Å². The molecule has 0 amide bonds. The van der Waals surface area contributed by atoms with Crippen molar-refractivity contribution in [2.75, 3.05) is 14.2 Å². The zero-order valence-corrected chi connectivity index (χ0v) is 13.1. The topological polar surface area (TPSA) is 39.1 Å². The van der Waals surface area contributed by atoms with Crippen molar-refractivity contribution in [3.8, 4) is 0 Å². The fourth-order valence-corrected chi connectivity index (χ4v) is 2.51. The fraction of sp³-hybridized carbons (Fsp3) is 0.562. The van der Waals surface area contributed by atoms with Crippen molar-refractivity contribution in [3.05, 3.63) is 30.0 Å². The lowest BCUT2D eigenvalue weighted by atomic mass is 9.96. The van der Waals surface area contributed by atoms with Gasteiger partial charge in [-0.1, -0.05) is 18.2 Å². The summed E-state index contributed by atoms with van der Waals surface area (Å²) in [6.07, 6.45) is 1.98. The Bertz CT molecular complexity index is 574. The number of hydrogen-bond donors (Lipinski definition) is 1. The van der Waals surface area contributed by atoms with Gasteiger partial charge in [-0.25, -0.2) is 0 Å². The molecule has 1 aromatic carbocycles. The molecular weight excluding hydrogens is 250 g/mol. The molecule has 0 aliphatic heterocycles. The number of nitrogens with one attached hydrogen (secondary N) is 1. The first kappa shape index (κ1) is 15.0. The average molecular weight is 275 g/mol. The van der Waals surface area contributed by atoms with Gasteiger partial charge in [0, 0.05) is 19.5 Å². The summed E-state index contributed by atoms with van der Waals surface area (Å²) in [5.41, 5.74) is 2.20. The maximum absolute atomic E-state index is 5.51. The van der Waals surface area contributed by atoms with Crippen molar-refractivity contribution in [1.29, 1.82) is 0 Å². The van der Waals surface area contributed by atoms with Crippen LogP contribution in [0.4, 0.5) is 0 Å². The third-order valence-electron chi connectivity index (χ3n) is 4.05. The average Bonchev–Trinajstić information content (AvgIpc) is 2.78. The van der Waals surface area contributed by atoms with E-state index in [2.05, 4.69) is 43.4 Å². The number of hydrogen-bond acceptors (Lipinski definition) is 3. The SMILES string of the molecule is CNC(CCC(C)(C)OC)c1nn(C)c2ccccc12. The summed E-state index contributed by atoms with van der Waals surface area (Å²) in [6.45, 7) is 4.24.